The van der Waals surface area contributed by atoms with Gasteiger partial charge in [-0.15, -0.1) is 0 Å². The molecule has 1 rings (SSSR count). The monoisotopic (exact) mass is 239 g/mol. The van der Waals surface area contributed by atoms with Crippen molar-refractivity contribution >= 4 is 5.97 Å². The summed E-state index contributed by atoms with van der Waals surface area (Å²) in [6.07, 6.45) is -0.791. The lowest BCUT2D eigenvalue weighted by atomic mass is 10.1. The summed E-state index contributed by atoms with van der Waals surface area (Å²) in [5, 5.41) is 20.8. The summed E-state index contributed by atoms with van der Waals surface area (Å²) in [4.78, 5) is 11.4. The number of hydrogen-bond donors (Lipinski definition) is 3. The Balaban J connectivity index is 2.61. The van der Waals surface area contributed by atoms with Gasteiger partial charge in [0.1, 0.15) is 0 Å². The Labute approximate surface area is 100 Å². The summed E-state index contributed by atoms with van der Waals surface area (Å²) in [5.74, 6) is -0.384. The van der Waals surface area contributed by atoms with Crippen molar-refractivity contribution < 1.29 is 19.7 Å². The molecule has 0 saturated heterocycles. The third-order valence-electron chi connectivity index (χ3n) is 2.33. The standard InChI is InChI=1S/C12H17NO4/c1-17-12(16)11-5-3-2-4-9(11)6-13-7-10(15)8-14/h2-5,10,13-15H,6-8H2,1H3. The van der Waals surface area contributed by atoms with Crippen molar-refractivity contribution in [1.82, 2.24) is 5.32 Å². The number of methoxy groups -OCH3 is 1. The molecule has 0 bridgehead atoms. The molecule has 0 aliphatic heterocycles. The molecule has 17 heavy (non-hydrogen) atoms. The Hall–Kier alpha value is -1.43. The highest BCUT2D eigenvalue weighted by Crippen LogP contribution is 2.09. The molecule has 5 heteroatoms. The number of benzene rings is 1. The van der Waals surface area contributed by atoms with Crippen molar-refractivity contribution in [1.29, 1.82) is 0 Å². The molecule has 0 radical (unpaired) electrons. The van der Waals surface area contributed by atoms with E-state index in [0.29, 0.717) is 12.1 Å². The van der Waals surface area contributed by atoms with Gasteiger partial charge in [0.15, 0.2) is 0 Å². The average molecular weight is 239 g/mol. The molecule has 1 aromatic carbocycles. The number of carbonyl (C=O) groups is 1. The van der Waals surface area contributed by atoms with Gasteiger partial charge in [-0.1, -0.05) is 18.2 Å². The van der Waals surface area contributed by atoms with Gasteiger partial charge < -0.3 is 20.3 Å². The van der Waals surface area contributed by atoms with E-state index in [1.54, 1.807) is 12.1 Å². The van der Waals surface area contributed by atoms with E-state index < -0.39 is 6.10 Å². The molecule has 0 aromatic heterocycles. The lowest BCUT2D eigenvalue weighted by Gasteiger charge is -2.11. The van der Waals surface area contributed by atoms with Gasteiger partial charge in [0.25, 0.3) is 0 Å². The van der Waals surface area contributed by atoms with Crippen LogP contribution in [0.25, 0.3) is 0 Å². The van der Waals surface area contributed by atoms with Crippen LogP contribution in [0.15, 0.2) is 24.3 Å². The molecule has 94 valence electrons. The Morgan fingerprint density at radius 1 is 1.47 bits per heavy atom. The van der Waals surface area contributed by atoms with Crippen LogP contribution in [-0.4, -0.2) is 42.5 Å². The zero-order chi connectivity index (χ0) is 12.7. The smallest absolute Gasteiger partial charge is 0.338 e. The maximum absolute atomic E-state index is 11.4. The number of aliphatic hydroxyl groups excluding tert-OH is 2. The van der Waals surface area contributed by atoms with E-state index in [9.17, 15) is 4.79 Å². The van der Waals surface area contributed by atoms with Crippen molar-refractivity contribution in [3.63, 3.8) is 0 Å². The number of aliphatic hydroxyl groups is 2. The molecular weight excluding hydrogens is 222 g/mol. The largest absolute Gasteiger partial charge is 0.465 e. The Kier molecular flexibility index (Phi) is 5.62. The van der Waals surface area contributed by atoms with Crippen LogP contribution in [0.2, 0.25) is 0 Å². The fourth-order valence-corrected chi connectivity index (χ4v) is 1.42. The Morgan fingerprint density at radius 3 is 2.82 bits per heavy atom. The highest BCUT2D eigenvalue weighted by Gasteiger charge is 2.10. The van der Waals surface area contributed by atoms with Crippen LogP contribution in [0.4, 0.5) is 0 Å². The maximum Gasteiger partial charge on any atom is 0.338 e. The zero-order valence-corrected chi connectivity index (χ0v) is 9.72. The lowest BCUT2D eigenvalue weighted by Crippen LogP contribution is -2.29. The van der Waals surface area contributed by atoms with E-state index in [4.69, 9.17) is 10.2 Å². The van der Waals surface area contributed by atoms with Crippen molar-refractivity contribution in [2.45, 2.75) is 12.6 Å². The molecule has 0 heterocycles. The summed E-state index contributed by atoms with van der Waals surface area (Å²) >= 11 is 0. The van der Waals surface area contributed by atoms with Gasteiger partial charge in [-0.05, 0) is 11.6 Å². The molecule has 1 unspecified atom stereocenters. The molecule has 3 N–H and O–H groups in total. The van der Waals surface area contributed by atoms with Gasteiger partial charge >= 0.3 is 5.97 Å². The number of hydrogen-bond acceptors (Lipinski definition) is 5. The quantitative estimate of drug-likeness (QED) is 0.605. The first kappa shape index (κ1) is 13.6. The lowest BCUT2D eigenvalue weighted by molar-refractivity contribution is 0.0599. The molecule has 1 aromatic rings. The van der Waals surface area contributed by atoms with Crippen LogP contribution in [0.3, 0.4) is 0 Å². The SMILES string of the molecule is COC(=O)c1ccccc1CNCC(O)CO. The fraction of sp³-hybridized carbons (Fsp3) is 0.417. The van der Waals surface area contributed by atoms with Gasteiger partial charge in [-0.2, -0.15) is 0 Å². The molecule has 0 aliphatic carbocycles. The van der Waals surface area contributed by atoms with Crippen LogP contribution in [-0.2, 0) is 11.3 Å². The third-order valence-corrected chi connectivity index (χ3v) is 2.33. The summed E-state index contributed by atoms with van der Waals surface area (Å²) in [7, 11) is 1.34. The topological polar surface area (TPSA) is 78.8 Å². The number of nitrogens with one attached hydrogen (secondary N) is 1. The van der Waals surface area contributed by atoms with Crippen molar-refractivity contribution in [2.24, 2.45) is 0 Å². The number of esters is 1. The van der Waals surface area contributed by atoms with E-state index in [-0.39, 0.29) is 19.1 Å². The second kappa shape index (κ2) is 7.01. The summed E-state index contributed by atoms with van der Waals surface area (Å²) in [6, 6.07) is 7.08. The number of carbonyl (C=O) groups excluding carboxylic acids is 1. The molecule has 0 aliphatic rings. The third kappa shape index (κ3) is 4.14. The second-order valence-electron chi connectivity index (χ2n) is 3.62. The van der Waals surface area contributed by atoms with Crippen molar-refractivity contribution in [3.8, 4) is 0 Å². The van der Waals surface area contributed by atoms with Crippen LogP contribution in [0.1, 0.15) is 15.9 Å². The summed E-state index contributed by atoms with van der Waals surface area (Å²) < 4.78 is 4.67. The second-order valence-corrected chi connectivity index (χ2v) is 3.62. The van der Waals surface area contributed by atoms with Crippen LogP contribution < -0.4 is 5.32 Å². The Bertz CT molecular complexity index is 367. The minimum Gasteiger partial charge on any atom is -0.465 e. The number of rotatable bonds is 6. The predicted molar refractivity (Wildman–Crippen MR) is 62.6 cm³/mol. The molecule has 1 atom stereocenters. The first-order valence-corrected chi connectivity index (χ1v) is 5.35. The van der Waals surface area contributed by atoms with Gasteiger partial charge in [-0.25, -0.2) is 4.79 Å². The molecule has 0 fully saturated rings. The van der Waals surface area contributed by atoms with E-state index in [1.165, 1.54) is 7.11 Å². The summed E-state index contributed by atoms with van der Waals surface area (Å²) in [5.41, 5.74) is 1.30. The first-order chi connectivity index (χ1) is 8.19. The normalized spacial score (nSPS) is 12.2. The van der Waals surface area contributed by atoms with E-state index in [1.807, 2.05) is 12.1 Å². The zero-order valence-electron chi connectivity index (χ0n) is 9.72. The van der Waals surface area contributed by atoms with Gasteiger partial charge in [0.2, 0.25) is 0 Å². The average Bonchev–Trinajstić information content (AvgIpc) is 2.38. The van der Waals surface area contributed by atoms with E-state index >= 15 is 0 Å². The Morgan fingerprint density at radius 2 is 2.18 bits per heavy atom. The van der Waals surface area contributed by atoms with E-state index in [0.717, 1.165) is 5.56 Å². The van der Waals surface area contributed by atoms with Gasteiger partial charge in [0.05, 0.1) is 25.4 Å². The molecule has 0 amide bonds. The first-order valence-electron chi connectivity index (χ1n) is 5.35. The highest BCUT2D eigenvalue weighted by atomic mass is 16.5. The van der Waals surface area contributed by atoms with Crippen LogP contribution in [0, 0.1) is 0 Å². The summed E-state index contributed by atoms with van der Waals surface area (Å²) in [6.45, 7) is 0.417. The maximum atomic E-state index is 11.4. The van der Waals surface area contributed by atoms with Crippen LogP contribution >= 0.6 is 0 Å². The van der Waals surface area contributed by atoms with Crippen molar-refractivity contribution in [2.75, 3.05) is 20.3 Å². The minimum atomic E-state index is -0.791. The van der Waals surface area contributed by atoms with Crippen molar-refractivity contribution in [3.05, 3.63) is 35.4 Å². The minimum absolute atomic E-state index is 0.270. The van der Waals surface area contributed by atoms with E-state index in [2.05, 4.69) is 10.1 Å². The molecule has 0 spiro atoms. The van der Waals surface area contributed by atoms with Crippen LogP contribution in [0.5, 0.6) is 0 Å². The van der Waals surface area contributed by atoms with Gasteiger partial charge in [0, 0.05) is 13.1 Å². The van der Waals surface area contributed by atoms with Gasteiger partial charge in [-0.3, -0.25) is 0 Å². The highest BCUT2D eigenvalue weighted by molar-refractivity contribution is 5.90. The molecule has 0 saturated carbocycles. The molecular formula is C12H17NO4. The number of ether oxygens (including phenoxy) is 1. The molecule has 5 nitrogen and oxygen atoms in total. The fourth-order valence-electron chi connectivity index (χ4n) is 1.42. The predicted octanol–water partition coefficient (Wildman–Crippen LogP) is -0.0840.